The number of rotatable bonds is 4. The average Bonchev–Trinajstić information content (AvgIpc) is 3.10. The third-order valence-corrected chi connectivity index (χ3v) is 5.74. The second-order valence-electron chi connectivity index (χ2n) is 7.44. The highest BCUT2D eigenvalue weighted by Crippen LogP contribution is 2.38. The number of amides is 1. The highest BCUT2D eigenvalue weighted by molar-refractivity contribution is 5.99. The molecule has 5 heteroatoms. The minimum Gasteiger partial charge on any atom is -0.338 e. The molecule has 2 aliphatic heterocycles. The largest absolute Gasteiger partial charge is 0.338 e. The lowest BCUT2D eigenvalue weighted by atomic mass is 10.1. The first-order chi connectivity index (χ1) is 13.1. The topological polar surface area (TPSA) is 26.8 Å². The molecule has 1 unspecified atom stereocenters. The minimum atomic E-state index is -0.283. The Balaban J connectivity index is 1.55. The number of fused-ring (bicyclic) bond motifs is 1. The van der Waals surface area contributed by atoms with Crippen LogP contribution < -0.4 is 9.80 Å². The molecule has 0 aromatic heterocycles. The monoisotopic (exact) mass is 367 g/mol. The predicted molar refractivity (Wildman–Crippen MR) is 107 cm³/mol. The highest BCUT2D eigenvalue weighted by Gasteiger charge is 2.29. The zero-order chi connectivity index (χ0) is 18.8. The normalized spacial score (nSPS) is 20.0. The van der Waals surface area contributed by atoms with Crippen LogP contribution in [-0.4, -0.2) is 43.0 Å². The summed E-state index contributed by atoms with van der Waals surface area (Å²) in [7, 11) is 0. The summed E-state index contributed by atoms with van der Waals surface area (Å²) in [5.74, 6) is -0.162. The lowest BCUT2D eigenvalue weighted by Gasteiger charge is -2.38. The smallest absolute Gasteiger partial charge is 0.228 e. The minimum absolute atomic E-state index is 0.120. The highest BCUT2D eigenvalue weighted by atomic mass is 19.1. The summed E-state index contributed by atoms with van der Waals surface area (Å²) >= 11 is 0. The predicted octanol–water partition coefficient (Wildman–Crippen LogP) is 4.18. The molecule has 142 valence electrons. The fourth-order valence-corrected chi connectivity index (χ4v) is 4.22. The Bertz CT molecular complexity index is 810. The van der Waals surface area contributed by atoms with Gasteiger partial charge in [-0.15, -0.1) is 0 Å². The van der Waals surface area contributed by atoms with Crippen LogP contribution >= 0.6 is 0 Å². The van der Waals surface area contributed by atoms with E-state index in [1.165, 1.54) is 25.0 Å². The Morgan fingerprint density at radius 3 is 2.63 bits per heavy atom. The number of halogens is 1. The van der Waals surface area contributed by atoms with Gasteiger partial charge in [-0.1, -0.05) is 18.2 Å². The van der Waals surface area contributed by atoms with Gasteiger partial charge in [0.05, 0.1) is 11.4 Å². The van der Waals surface area contributed by atoms with Gasteiger partial charge in [0.1, 0.15) is 5.82 Å². The van der Waals surface area contributed by atoms with Crippen molar-refractivity contribution in [1.29, 1.82) is 0 Å². The maximum Gasteiger partial charge on any atom is 0.228 e. The van der Waals surface area contributed by atoms with Crippen LogP contribution in [-0.2, 0) is 4.79 Å². The molecule has 0 aliphatic carbocycles. The van der Waals surface area contributed by atoms with Crippen LogP contribution in [0.2, 0.25) is 0 Å². The number of para-hydroxylation sites is 1. The van der Waals surface area contributed by atoms with E-state index >= 15 is 0 Å². The zero-order valence-corrected chi connectivity index (χ0v) is 15.8. The second kappa shape index (κ2) is 7.69. The average molecular weight is 367 g/mol. The van der Waals surface area contributed by atoms with Crippen LogP contribution in [0.1, 0.15) is 26.2 Å². The first kappa shape index (κ1) is 18.0. The van der Waals surface area contributed by atoms with E-state index in [2.05, 4.69) is 16.7 Å². The van der Waals surface area contributed by atoms with Crippen LogP contribution in [0.4, 0.5) is 21.5 Å². The van der Waals surface area contributed by atoms with Gasteiger partial charge in [-0.25, -0.2) is 4.39 Å². The third-order valence-electron chi connectivity index (χ3n) is 5.74. The molecule has 2 heterocycles. The fourth-order valence-electron chi connectivity index (χ4n) is 4.22. The number of carbonyl (C=O) groups is 1. The van der Waals surface area contributed by atoms with Crippen molar-refractivity contribution < 1.29 is 9.18 Å². The van der Waals surface area contributed by atoms with E-state index in [1.54, 1.807) is 6.07 Å². The number of hydrogen-bond acceptors (Lipinski definition) is 3. The van der Waals surface area contributed by atoms with Crippen molar-refractivity contribution in [1.82, 2.24) is 4.90 Å². The van der Waals surface area contributed by atoms with Gasteiger partial charge in [0, 0.05) is 37.8 Å². The molecule has 2 aliphatic rings. The maximum atomic E-state index is 14.0. The van der Waals surface area contributed by atoms with Crippen LogP contribution in [0, 0.1) is 5.82 Å². The first-order valence-corrected chi connectivity index (χ1v) is 9.80. The van der Waals surface area contributed by atoms with Gasteiger partial charge < -0.3 is 14.7 Å². The summed E-state index contributed by atoms with van der Waals surface area (Å²) in [6, 6.07) is 15.2. The molecule has 0 saturated carbocycles. The quantitative estimate of drug-likeness (QED) is 0.811. The maximum absolute atomic E-state index is 14.0. The molecular weight excluding hydrogens is 341 g/mol. The molecule has 27 heavy (non-hydrogen) atoms. The van der Waals surface area contributed by atoms with E-state index in [0.29, 0.717) is 25.6 Å². The number of carbonyl (C=O) groups excluding carboxylic acids is 1. The van der Waals surface area contributed by atoms with E-state index in [1.807, 2.05) is 35.2 Å². The van der Waals surface area contributed by atoms with Crippen molar-refractivity contribution in [2.24, 2.45) is 0 Å². The SMILES string of the molecule is CC1CCCN1CCC(=O)N1CCN(c2ccccc2)c2cc(F)ccc21. The molecule has 4 rings (SSSR count). The summed E-state index contributed by atoms with van der Waals surface area (Å²) in [5.41, 5.74) is 2.57. The number of benzene rings is 2. The van der Waals surface area contributed by atoms with Gasteiger partial charge in [0.25, 0.3) is 0 Å². The van der Waals surface area contributed by atoms with Crippen molar-refractivity contribution in [3.63, 3.8) is 0 Å². The first-order valence-electron chi connectivity index (χ1n) is 9.80. The van der Waals surface area contributed by atoms with E-state index in [4.69, 9.17) is 0 Å². The Labute approximate surface area is 160 Å². The van der Waals surface area contributed by atoms with Crippen molar-refractivity contribution in [2.45, 2.75) is 32.2 Å². The summed E-state index contributed by atoms with van der Waals surface area (Å²) in [6.45, 7) is 5.38. The van der Waals surface area contributed by atoms with Crippen molar-refractivity contribution in [2.75, 3.05) is 36.0 Å². The molecule has 0 radical (unpaired) electrons. The number of hydrogen-bond donors (Lipinski definition) is 0. The summed E-state index contributed by atoms with van der Waals surface area (Å²) in [5, 5.41) is 0. The molecule has 2 aromatic rings. The van der Waals surface area contributed by atoms with Crippen LogP contribution in [0.3, 0.4) is 0 Å². The zero-order valence-electron chi connectivity index (χ0n) is 15.8. The van der Waals surface area contributed by atoms with Crippen molar-refractivity contribution in [3.05, 3.63) is 54.3 Å². The molecule has 1 amide bonds. The number of nitrogens with zero attached hydrogens (tertiary/aromatic N) is 3. The molecule has 1 fully saturated rings. The van der Waals surface area contributed by atoms with Gasteiger partial charge in [-0.3, -0.25) is 4.79 Å². The third kappa shape index (κ3) is 3.69. The van der Waals surface area contributed by atoms with Crippen LogP contribution in [0.5, 0.6) is 0 Å². The van der Waals surface area contributed by atoms with E-state index < -0.39 is 0 Å². The van der Waals surface area contributed by atoms with Gasteiger partial charge >= 0.3 is 0 Å². The lowest BCUT2D eigenvalue weighted by Crippen LogP contribution is -2.43. The van der Waals surface area contributed by atoms with Crippen LogP contribution in [0.15, 0.2) is 48.5 Å². The van der Waals surface area contributed by atoms with Gasteiger partial charge in [0.2, 0.25) is 5.91 Å². The van der Waals surface area contributed by atoms with Crippen molar-refractivity contribution >= 4 is 23.0 Å². The molecular formula is C22H26FN3O. The van der Waals surface area contributed by atoms with Crippen LogP contribution in [0.25, 0.3) is 0 Å². The lowest BCUT2D eigenvalue weighted by molar-refractivity contribution is -0.119. The van der Waals surface area contributed by atoms with Crippen molar-refractivity contribution in [3.8, 4) is 0 Å². The summed E-state index contributed by atoms with van der Waals surface area (Å²) in [4.78, 5) is 19.2. The molecule has 4 nitrogen and oxygen atoms in total. The molecule has 0 N–H and O–H groups in total. The summed E-state index contributed by atoms with van der Waals surface area (Å²) < 4.78 is 14.0. The summed E-state index contributed by atoms with van der Waals surface area (Å²) in [6.07, 6.45) is 2.94. The molecule has 2 aromatic carbocycles. The number of anilines is 3. The second-order valence-corrected chi connectivity index (χ2v) is 7.44. The molecule has 1 atom stereocenters. The fraction of sp³-hybridized carbons (Fsp3) is 0.409. The van der Waals surface area contributed by atoms with Gasteiger partial charge in [0.15, 0.2) is 0 Å². The van der Waals surface area contributed by atoms with Gasteiger partial charge in [-0.2, -0.15) is 0 Å². The van der Waals surface area contributed by atoms with Gasteiger partial charge in [-0.05, 0) is 56.6 Å². The molecule has 0 bridgehead atoms. The Morgan fingerprint density at radius 1 is 1.07 bits per heavy atom. The standard InChI is InChI=1S/C22H26FN3O/c1-17-6-5-12-24(17)13-11-22(27)26-15-14-25(19-7-3-2-4-8-19)21-16-18(23)9-10-20(21)26/h2-4,7-10,16-17H,5-6,11-15H2,1H3. The van der Waals surface area contributed by atoms with E-state index in [9.17, 15) is 9.18 Å². The molecule has 0 spiro atoms. The van der Waals surface area contributed by atoms with E-state index in [-0.39, 0.29) is 11.7 Å². The Hall–Kier alpha value is -2.40. The Kier molecular flexibility index (Phi) is 5.12. The molecule has 1 saturated heterocycles. The number of likely N-dealkylation sites (tertiary alicyclic amines) is 1. The van der Waals surface area contributed by atoms with E-state index in [0.717, 1.165) is 30.2 Å². The Morgan fingerprint density at radius 2 is 1.89 bits per heavy atom.